The molecule has 7 heteroatoms. The summed E-state index contributed by atoms with van der Waals surface area (Å²) in [4.78, 5) is 25.7. The second kappa shape index (κ2) is 10.7. The first-order chi connectivity index (χ1) is 16.6. The molecule has 0 aromatic heterocycles. The second-order valence-corrected chi connectivity index (χ2v) is 7.79. The van der Waals surface area contributed by atoms with Gasteiger partial charge in [-0.15, -0.1) is 0 Å². The van der Waals surface area contributed by atoms with E-state index in [-0.39, 0.29) is 18.5 Å². The third-order valence-corrected chi connectivity index (χ3v) is 5.48. The number of amides is 1. The molecule has 1 fully saturated rings. The molecule has 176 valence electrons. The van der Waals surface area contributed by atoms with Crippen molar-refractivity contribution in [3.05, 3.63) is 77.9 Å². The lowest BCUT2D eigenvalue weighted by molar-refractivity contribution is -0.142. The zero-order valence-corrected chi connectivity index (χ0v) is 19.3. The molecule has 1 saturated heterocycles. The number of carbonyl (C=O) groups is 2. The summed E-state index contributed by atoms with van der Waals surface area (Å²) in [7, 11) is 1.56. The van der Waals surface area contributed by atoms with Crippen LogP contribution < -0.4 is 9.47 Å². The fourth-order valence-electron chi connectivity index (χ4n) is 3.80. The van der Waals surface area contributed by atoms with E-state index in [4.69, 9.17) is 18.9 Å². The number of hydrogen-bond donors (Lipinski definition) is 0. The van der Waals surface area contributed by atoms with Crippen molar-refractivity contribution in [1.82, 2.24) is 4.90 Å². The van der Waals surface area contributed by atoms with Crippen LogP contribution in [0.1, 0.15) is 18.1 Å². The molecule has 0 N–H and O–H groups in total. The lowest BCUT2D eigenvalue weighted by atomic mass is 10.0. The molecule has 0 atom stereocenters. The van der Waals surface area contributed by atoms with E-state index in [1.807, 2.05) is 54.6 Å². The fraction of sp³-hybridized carbons (Fsp3) is 0.259. The van der Waals surface area contributed by atoms with Crippen molar-refractivity contribution in [2.24, 2.45) is 0 Å². The number of nitrogens with zero attached hydrogens (tertiary/aromatic N) is 1. The molecule has 1 amide bonds. The van der Waals surface area contributed by atoms with Crippen LogP contribution in [0.25, 0.3) is 11.1 Å². The van der Waals surface area contributed by atoms with Gasteiger partial charge in [0.25, 0.3) is 0 Å². The van der Waals surface area contributed by atoms with Gasteiger partial charge < -0.3 is 23.8 Å². The average molecular weight is 462 g/mol. The van der Waals surface area contributed by atoms with Crippen molar-refractivity contribution in [2.45, 2.75) is 19.9 Å². The molecule has 0 aliphatic carbocycles. The number of methoxy groups -OCH3 is 1. The van der Waals surface area contributed by atoms with Gasteiger partial charge >= 0.3 is 12.1 Å². The van der Waals surface area contributed by atoms with Crippen LogP contribution in [-0.2, 0) is 27.2 Å². The molecule has 1 aliphatic heterocycles. The van der Waals surface area contributed by atoms with Gasteiger partial charge in [-0.3, -0.25) is 4.79 Å². The molecular formula is C27H27NO6. The van der Waals surface area contributed by atoms with Crippen LogP contribution in [0.2, 0.25) is 0 Å². The van der Waals surface area contributed by atoms with Gasteiger partial charge in [-0.2, -0.15) is 0 Å². The summed E-state index contributed by atoms with van der Waals surface area (Å²) in [6, 6.07) is 21.2. The van der Waals surface area contributed by atoms with Crippen molar-refractivity contribution in [3.8, 4) is 28.4 Å². The van der Waals surface area contributed by atoms with Crippen LogP contribution >= 0.6 is 0 Å². The number of hydrogen-bond acceptors (Lipinski definition) is 6. The van der Waals surface area contributed by atoms with Crippen LogP contribution in [0.4, 0.5) is 4.79 Å². The predicted molar refractivity (Wildman–Crippen MR) is 127 cm³/mol. The zero-order chi connectivity index (χ0) is 23.9. The summed E-state index contributed by atoms with van der Waals surface area (Å²) in [5.41, 5.74) is 3.66. The fourth-order valence-corrected chi connectivity index (χ4v) is 3.80. The highest BCUT2D eigenvalue weighted by Crippen LogP contribution is 2.36. The second-order valence-electron chi connectivity index (χ2n) is 7.79. The minimum atomic E-state index is -0.343. The molecule has 34 heavy (non-hydrogen) atoms. The number of cyclic esters (lactones) is 1. The molecule has 7 nitrogen and oxygen atoms in total. The molecule has 0 radical (unpaired) electrons. The van der Waals surface area contributed by atoms with Crippen molar-refractivity contribution in [1.29, 1.82) is 0 Å². The minimum Gasteiger partial charge on any atom is -0.493 e. The highest BCUT2D eigenvalue weighted by Gasteiger charge is 2.24. The number of esters is 1. The van der Waals surface area contributed by atoms with E-state index in [9.17, 15) is 9.59 Å². The number of carbonyl (C=O) groups excluding carboxylic acids is 2. The van der Waals surface area contributed by atoms with E-state index < -0.39 is 0 Å². The number of ether oxygens (including phenoxy) is 4. The smallest absolute Gasteiger partial charge is 0.410 e. The summed E-state index contributed by atoms with van der Waals surface area (Å²) in [5.74, 6) is 1.29. The van der Waals surface area contributed by atoms with Crippen LogP contribution in [0.3, 0.4) is 0 Å². The first-order valence-corrected chi connectivity index (χ1v) is 11.2. The Labute approximate surface area is 198 Å². The monoisotopic (exact) mass is 461 g/mol. The van der Waals surface area contributed by atoms with Gasteiger partial charge in [-0.1, -0.05) is 42.5 Å². The Morgan fingerprint density at radius 1 is 0.971 bits per heavy atom. The molecule has 1 heterocycles. The third-order valence-electron chi connectivity index (χ3n) is 5.48. The Morgan fingerprint density at radius 3 is 2.47 bits per heavy atom. The van der Waals surface area contributed by atoms with E-state index in [1.54, 1.807) is 31.1 Å². The quantitative estimate of drug-likeness (QED) is 0.407. The first kappa shape index (κ1) is 23.2. The van der Waals surface area contributed by atoms with Crippen LogP contribution in [0, 0.1) is 0 Å². The average Bonchev–Trinajstić information content (AvgIpc) is 3.25. The normalized spacial score (nSPS) is 12.9. The molecule has 1 aliphatic rings. The summed E-state index contributed by atoms with van der Waals surface area (Å²) < 4.78 is 21.9. The number of rotatable bonds is 9. The van der Waals surface area contributed by atoms with Crippen molar-refractivity contribution in [3.63, 3.8) is 0 Å². The van der Waals surface area contributed by atoms with Crippen LogP contribution in [0.5, 0.6) is 17.2 Å². The van der Waals surface area contributed by atoms with E-state index in [1.165, 1.54) is 0 Å². The maximum atomic E-state index is 12.1. The molecule has 0 unspecified atom stereocenters. The third kappa shape index (κ3) is 5.49. The summed E-state index contributed by atoms with van der Waals surface area (Å²) in [6.45, 7) is 3.34. The van der Waals surface area contributed by atoms with E-state index in [0.717, 1.165) is 22.3 Å². The molecule has 4 rings (SSSR count). The highest BCUT2D eigenvalue weighted by molar-refractivity contribution is 5.73. The molecule has 3 aromatic rings. The van der Waals surface area contributed by atoms with Crippen molar-refractivity contribution in [2.75, 3.05) is 26.9 Å². The number of benzene rings is 3. The van der Waals surface area contributed by atoms with Gasteiger partial charge in [-0.05, 0) is 47.9 Å². The first-order valence-electron chi connectivity index (χ1n) is 11.2. The van der Waals surface area contributed by atoms with Gasteiger partial charge in [0.2, 0.25) is 0 Å². The Hall–Kier alpha value is -4.00. The Balaban J connectivity index is 1.67. The standard InChI is InChI=1S/C27H27NO6/c1-3-32-26(29)16-19-9-11-24(31-2)25(15-19)34-23-12-10-21(20-7-5-4-6-8-20)17-22(23)18-28-13-14-33-27(28)30/h4-12,15,17H,3,13-14,16,18H2,1-2H3. The van der Waals surface area contributed by atoms with Gasteiger partial charge in [-0.25, -0.2) is 4.79 Å². The molecule has 0 spiro atoms. The van der Waals surface area contributed by atoms with Gasteiger partial charge in [0.1, 0.15) is 12.4 Å². The SMILES string of the molecule is CCOC(=O)Cc1ccc(OC)c(Oc2ccc(-c3ccccc3)cc2CN2CCOC2=O)c1. The van der Waals surface area contributed by atoms with Crippen molar-refractivity contribution >= 4 is 12.1 Å². The highest BCUT2D eigenvalue weighted by atomic mass is 16.6. The van der Waals surface area contributed by atoms with Crippen LogP contribution in [0.15, 0.2) is 66.7 Å². The van der Waals surface area contributed by atoms with Gasteiger partial charge in [0.05, 0.1) is 33.2 Å². The Bertz CT molecular complexity index is 1160. The maximum Gasteiger partial charge on any atom is 0.410 e. The predicted octanol–water partition coefficient (Wildman–Crippen LogP) is 5.21. The Kier molecular flexibility index (Phi) is 7.32. The molecule has 0 saturated carbocycles. The molecular weight excluding hydrogens is 434 g/mol. The minimum absolute atomic E-state index is 0.133. The van der Waals surface area contributed by atoms with E-state index >= 15 is 0 Å². The molecule has 3 aromatic carbocycles. The molecule has 0 bridgehead atoms. The lowest BCUT2D eigenvalue weighted by Crippen LogP contribution is -2.23. The maximum absolute atomic E-state index is 12.1. The zero-order valence-electron chi connectivity index (χ0n) is 19.3. The topological polar surface area (TPSA) is 74.3 Å². The summed E-state index contributed by atoms with van der Waals surface area (Å²) in [6.07, 6.45) is -0.210. The lowest BCUT2D eigenvalue weighted by Gasteiger charge is -2.19. The Morgan fingerprint density at radius 2 is 1.76 bits per heavy atom. The van der Waals surface area contributed by atoms with Gasteiger partial charge in [0.15, 0.2) is 11.5 Å². The van der Waals surface area contributed by atoms with E-state index in [2.05, 4.69) is 0 Å². The summed E-state index contributed by atoms with van der Waals surface area (Å²) >= 11 is 0. The van der Waals surface area contributed by atoms with Gasteiger partial charge in [0, 0.05) is 5.56 Å². The van der Waals surface area contributed by atoms with Crippen molar-refractivity contribution < 1.29 is 28.5 Å². The van der Waals surface area contributed by atoms with E-state index in [0.29, 0.717) is 43.6 Å². The summed E-state index contributed by atoms with van der Waals surface area (Å²) in [5, 5.41) is 0. The largest absolute Gasteiger partial charge is 0.493 e. The van der Waals surface area contributed by atoms with Crippen LogP contribution in [-0.4, -0.2) is 43.8 Å².